The van der Waals surface area contributed by atoms with Gasteiger partial charge in [-0.2, -0.15) is 0 Å². The van der Waals surface area contributed by atoms with E-state index in [4.69, 9.17) is 14.2 Å². The van der Waals surface area contributed by atoms with Gasteiger partial charge in [-0.1, -0.05) is 0 Å². The molecule has 3 fully saturated rings. The Balaban J connectivity index is 0.000000330. The van der Waals surface area contributed by atoms with Crippen LogP contribution in [-0.2, 0) is 19.0 Å². The number of Topliss-reactive ketones (excluding diaryl/α,β-unsaturated/α-hetero) is 1. The average molecular weight is 630 g/mol. The molecule has 3 rings (SSSR count). The molecule has 0 aromatic rings. The fourth-order valence-electron chi connectivity index (χ4n) is 5.05. The van der Waals surface area contributed by atoms with E-state index in [1.807, 2.05) is 62.3 Å². The summed E-state index contributed by atoms with van der Waals surface area (Å²) in [5.74, 6) is 0.214. The van der Waals surface area contributed by atoms with Crippen LogP contribution in [0.25, 0.3) is 0 Å². The van der Waals surface area contributed by atoms with E-state index in [2.05, 4.69) is 16.0 Å². The third-order valence-electron chi connectivity index (χ3n) is 6.84. The van der Waals surface area contributed by atoms with Crippen LogP contribution in [0.1, 0.15) is 134 Å². The third-order valence-corrected chi connectivity index (χ3v) is 6.84. The molecule has 0 saturated heterocycles. The molecule has 0 spiro atoms. The molecule has 0 aromatic carbocycles. The molecule has 5 N–H and O–H groups in total. The summed E-state index contributed by atoms with van der Waals surface area (Å²) in [6.45, 7) is 20.0. The van der Waals surface area contributed by atoms with Gasteiger partial charge in [0.25, 0.3) is 0 Å². The van der Waals surface area contributed by atoms with E-state index in [9.17, 15) is 29.4 Å². The SMILES string of the molecule is CC(C)(C)OC(=O)N[C@@H]1CCC(=O)C1.CC(C)(C)OC(=O)N[C@@H]1CC[C@@](C)(O)C1.CC(C)(C)OC(=O)N[C@@H]1CC[C@](C)(O)C1. The lowest BCUT2D eigenvalue weighted by atomic mass is 10.1. The molecule has 44 heavy (non-hydrogen) atoms. The van der Waals surface area contributed by atoms with Crippen LogP contribution in [0.2, 0.25) is 0 Å². The summed E-state index contributed by atoms with van der Waals surface area (Å²) in [6, 6.07) is 0.0436. The van der Waals surface area contributed by atoms with Gasteiger partial charge in [-0.05, 0) is 121 Å². The first-order valence-electron chi connectivity index (χ1n) is 15.7. The smallest absolute Gasteiger partial charge is 0.407 e. The number of alkyl carbamates (subject to hydrolysis) is 3. The molecule has 256 valence electrons. The highest BCUT2D eigenvalue weighted by atomic mass is 16.6. The molecular weight excluding hydrogens is 570 g/mol. The van der Waals surface area contributed by atoms with Crippen molar-refractivity contribution >= 4 is 24.1 Å². The Morgan fingerprint density at radius 3 is 1.18 bits per heavy atom. The van der Waals surface area contributed by atoms with E-state index in [1.165, 1.54) is 0 Å². The van der Waals surface area contributed by atoms with E-state index in [1.54, 1.807) is 13.8 Å². The lowest BCUT2D eigenvalue weighted by Crippen LogP contribution is -2.38. The molecule has 3 aliphatic carbocycles. The zero-order valence-corrected chi connectivity index (χ0v) is 28.8. The normalized spacial score (nSPS) is 28.5. The lowest BCUT2D eigenvalue weighted by Gasteiger charge is -2.22. The highest BCUT2D eigenvalue weighted by Gasteiger charge is 2.35. The first kappa shape index (κ1) is 39.4. The molecular formula is C32H59N3O9. The number of hydrogen-bond acceptors (Lipinski definition) is 9. The predicted octanol–water partition coefficient (Wildman–Crippen LogP) is 5.26. The summed E-state index contributed by atoms with van der Waals surface area (Å²) >= 11 is 0. The molecule has 3 aliphatic rings. The van der Waals surface area contributed by atoms with Gasteiger partial charge in [0.15, 0.2) is 0 Å². The van der Waals surface area contributed by atoms with Gasteiger partial charge in [0, 0.05) is 31.0 Å². The number of aliphatic hydroxyl groups is 2. The van der Waals surface area contributed by atoms with E-state index in [-0.39, 0.29) is 23.9 Å². The van der Waals surface area contributed by atoms with Crippen molar-refractivity contribution in [3.8, 4) is 0 Å². The van der Waals surface area contributed by atoms with Gasteiger partial charge in [-0.25, -0.2) is 14.4 Å². The predicted molar refractivity (Wildman–Crippen MR) is 167 cm³/mol. The second-order valence-electron chi connectivity index (χ2n) is 15.8. The van der Waals surface area contributed by atoms with E-state index < -0.39 is 46.3 Å². The summed E-state index contributed by atoms with van der Waals surface area (Å²) in [6.07, 6.45) is 4.81. The Morgan fingerprint density at radius 2 is 0.955 bits per heavy atom. The van der Waals surface area contributed by atoms with Crippen LogP contribution in [0.5, 0.6) is 0 Å². The second kappa shape index (κ2) is 15.6. The van der Waals surface area contributed by atoms with Crippen molar-refractivity contribution in [3.63, 3.8) is 0 Å². The molecule has 12 heteroatoms. The van der Waals surface area contributed by atoms with Crippen LogP contribution in [-0.4, -0.2) is 80.4 Å². The number of carbonyl (C=O) groups is 4. The monoisotopic (exact) mass is 629 g/mol. The van der Waals surface area contributed by atoms with Crippen LogP contribution in [0.15, 0.2) is 0 Å². The van der Waals surface area contributed by atoms with Gasteiger partial charge < -0.3 is 40.4 Å². The maximum absolute atomic E-state index is 11.4. The Bertz CT molecular complexity index is 923. The van der Waals surface area contributed by atoms with Crippen LogP contribution in [0.4, 0.5) is 14.4 Å². The second-order valence-corrected chi connectivity index (χ2v) is 15.8. The number of ether oxygens (including phenoxy) is 3. The molecule has 0 unspecified atom stereocenters. The minimum absolute atomic E-state index is 0.0302. The number of nitrogens with one attached hydrogen (secondary N) is 3. The summed E-state index contributed by atoms with van der Waals surface area (Å²) in [7, 11) is 0. The zero-order valence-electron chi connectivity index (χ0n) is 28.8. The molecule has 0 radical (unpaired) electrons. The van der Waals surface area contributed by atoms with Gasteiger partial charge in [0.1, 0.15) is 22.6 Å². The fourth-order valence-corrected chi connectivity index (χ4v) is 5.05. The molecule has 0 aliphatic heterocycles. The number of hydrogen-bond donors (Lipinski definition) is 5. The summed E-state index contributed by atoms with van der Waals surface area (Å²) in [5.41, 5.74) is -2.69. The van der Waals surface area contributed by atoms with Crippen molar-refractivity contribution in [1.82, 2.24) is 16.0 Å². The van der Waals surface area contributed by atoms with Crippen molar-refractivity contribution in [1.29, 1.82) is 0 Å². The molecule has 0 aromatic heterocycles. The topological polar surface area (TPSA) is 173 Å². The van der Waals surface area contributed by atoms with Crippen molar-refractivity contribution in [2.24, 2.45) is 0 Å². The number of ketones is 1. The van der Waals surface area contributed by atoms with Crippen LogP contribution in [0, 0.1) is 0 Å². The van der Waals surface area contributed by atoms with Crippen LogP contribution < -0.4 is 16.0 Å². The molecule has 5 atom stereocenters. The summed E-state index contributed by atoms with van der Waals surface area (Å²) in [4.78, 5) is 45.0. The summed E-state index contributed by atoms with van der Waals surface area (Å²) in [5, 5.41) is 27.7. The van der Waals surface area contributed by atoms with Crippen LogP contribution >= 0.6 is 0 Å². The number of carbonyl (C=O) groups excluding carboxylic acids is 4. The Hall–Kier alpha value is -2.60. The molecule has 0 bridgehead atoms. The van der Waals surface area contributed by atoms with Crippen molar-refractivity contribution < 1.29 is 43.6 Å². The standard InChI is InChI=1S/2C11H21NO3.C10H17NO3/c2*1-10(2,3)15-9(13)12-8-5-6-11(4,14)7-8;1-10(2,3)14-9(13)11-7-4-5-8(12)6-7/h2*8,14H,5-7H2,1-4H3,(H,12,13);7H,4-6H2,1-3H3,(H,11,13)/t8-,11+;8-,11-;7-/m111/s1. The number of amides is 3. The third kappa shape index (κ3) is 18.9. The maximum Gasteiger partial charge on any atom is 0.407 e. The van der Waals surface area contributed by atoms with Gasteiger partial charge in [-0.3, -0.25) is 4.79 Å². The first-order valence-corrected chi connectivity index (χ1v) is 15.7. The van der Waals surface area contributed by atoms with E-state index in [0.717, 1.165) is 32.1 Å². The van der Waals surface area contributed by atoms with Crippen molar-refractivity contribution in [2.75, 3.05) is 0 Å². The van der Waals surface area contributed by atoms with Gasteiger partial charge in [0.2, 0.25) is 0 Å². The van der Waals surface area contributed by atoms with Gasteiger partial charge >= 0.3 is 18.3 Å². The quantitative estimate of drug-likeness (QED) is 0.261. The summed E-state index contributed by atoms with van der Waals surface area (Å²) < 4.78 is 15.3. The zero-order chi connectivity index (χ0) is 34.1. The van der Waals surface area contributed by atoms with E-state index in [0.29, 0.717) is 25.7 Å². The van der Waals surface area contributed by atoms with Gasteiger partial charge in [-0.15, -0.1) is 0 Å². The Labute approximate surface area is 263 Å². The highest BCUT2D eigenvalue weighted by molar-refractivity contribution is 5.82. The van der Waals surface area contributed by atoms with Crippen molar-refractivity contribution in [2.45, 2.75) is 180 Å². The Morgan fingerprint density at radius 1 is 0.636 bits per heavy atom. The lowest BCUT2D eigenvalue weighted by molar-refractivity contribution is -0.117. The maximum atomic E-state index is 11.4. The number of rotatable bonds is 3. The molecule has 3 amide bonds. The Kier molecular flexibility index (Phi) is 14.0. The highest BCUT2D eigenvalue weighted by Crippen LogP contribution is 2.30. The first-order chi connectivity index (χ1) is 19.7. The van der Waals surface area contributed by atoms with Gasteiger partial charge in [0.05, 0.1) is 11.2 Å². The minimum Gasteiger partial charge on any atom is -0.444 e. The molecule has 3 saturated carbocycles. The average Bonchev–Trinajstić information content (AvgIpc) is 3.42. The minimum atomic E-state index is -0.639. The van der Waals surface area contributed by atoms with Crippen molar-refractivity contribution in [3.05, 3.63) is 0 Å². The van der Waals surface area contributed by atoms with E-state index >= 15 is 0 Å². The fraction of sp³-hybridized carbons (Fsp3) is 0.875. The molecule has 12 nitrogen and oxygen atoms in total. The van der Waals surface area contributed by atoms with Crippen LogP contribution in [0.3, 0.4) is 0 Å². The molecule has 0 heterocycles. The largest absolute Gasteiger partial charge is 0.444 e.